The summed E-state index contributed by atoms with van der Waals surface area (Å²) in [5, 5.41) is 4.04. The van der Waals surface area contributed by atoms with E-state index in [0.717, 1.165) is 18.3 Å². The molecule has 0 radical (unpaired) electrons. The van der Waals surface area contributed by atoms with Gasteiger partial charge in [-0.1, -0.05) is 24.4 Å². The van der Waals surface area contributed by atoms with Gasteiger partial charge in [0.25, 0.3) is 0 Å². The topological polar surface area (TPSA) is 68.2 Å². The van der Waals surface area contributed by atoms with Gasteiger partial charge in [-0.2, -0.15) is 4.98 Å². The minimum absolute atomic E-state index is 0.332. The number of aromatic nitrogens is 2. The number of rotatable bonds is 6. The molecular weight excluding hydrogens is 240 g/mol. The lowest BCUT2D eigenvalue weighted by molar-refractivity contribution is 0.137. The molecule has 0 aliphatic heterocycles. The van der Waals surface area contributed by atoms with Crippen LogP contribution in [0, 0.1) is 5.92 Å². The lowest BCUT2D eigenvalue weighted by atomic mass is 9.94. The fourth-order valence-corrected chi connectivity index (χ4v) is 3.04. The monoisotopic (exact) mass is 264 g/mol. The predicted octanol–water partition coefficient (Wildman–Crippen LogP) is 2.07. The molecule has 0 bridgehead atoms. The zero-order valence-corrected chi connectivity index (χ0v) is 11.6. The van der Waals surface area contributed by atoms with Crippen molar-refractivity contribution in [2.24, 2.45) is 11.7 Å². The number of nitrogens with two attached hydrogens (primary N) is 1. The SMILES string of the molecule is NCc1nc(CN(CC2CC2)C2CCCCC2)no1. The van der Waals surface area contributed by atoms with Crippen LogP contribution in [0.5, 0.6) is 0 Å². The van der Waals surface area contributed by atoms with E-state index in [0.29, 0.717) is 18.5 Å². The highest BCUT2D eigenvalue weighted by Crippen LogP contribution is 2.33. The summed E-state index contributed by atoms with van der Waals surface area (Å²) >= 11 is 0. The summed E-state index contributed by atoms with van der Waals surface area (Å²) in [6.45, 7) is 2.36. The molecule has 2 aliphatic rings. The Kier molecular flexibility index (Phi) is 4.13. The highest BCUT2D eigenvalue weighted by atomic mass is 16.5. The van der Waals surface area contributed by atoms with Gasteiger partial charge in [-0.3, -0.25) is 4.90 Å². The van der Waals surface area contributed by atoms with E-state index in [1.165, 1.54) is 51.5 Å². The normalized spacial score (nSPS) is 21.2. The third kappa shape index (κ3) is 3.54. The molecule has 0 spiro atoms. The molecule has 5 heteroatoms. The van der Waals surface area contributed by atoms with Gasteiger partial charge in [0.05, 0.1) is 13.1 Å². The van der Waals surface area contributed by atoms with Crippen molar-refractivity contribution in [1.29, 1.82) is 0 Å². The molecule has 2 saturated carbocycles. The van der Waals surface area contributed by atoms with Crippen LogP contribution in [0.1, 0.15) is 56.7 Å². The van der Waals surface area contributed by atoms with E-state index in [1.807, 2.05) is 0 Å². The molecular formula is C14H24N4O. The van der Waals surface area contributed by atoms with Crippen LogP contribution in [0.4, 0.5) is 0 Å². The van der Waals surface area contributed by atoms with Crippen LogP contribution < -0.4 is 5.73 Å². The third-order valence-corrected chi connectivity index (χ3v) is 4.31. The predicted molar refractivity (Wildman–Crippen MR) is 72.2 cm³/mol. The van der Waals surface area contributed by atoms with Crippen LogP contribution >= 0.6 is 0 Å². The Hall–Kier alpha value is -0.940. The van der Waals surface area contributed by atoms with Gasteiger partial charge < -0.3 is 10.3 Å². The van der Waals surface area contributed by atoms with Crippen LogP contribution in [-0.4, -0.2) is 27.6 Å². The summed E-state index contributed by atoms with van der Waals surface area (Å²) in [7, 11) is 0. The van der Waals surface area contributed by atoms with Gasteiger partial charge in [-0.15, -0.1) is 0 Å². The quantitative estimate of drug-likeness (QED) is 0.852. The smallest absolute Gasteiger partial charge is 0.240 e. The van der Waals surface area contributed by atoms with Gasteiger partial charge in [0, 0.05) is 12.6 Å². The van der Waals surface area contributed by atoms with E-state index in [4.69, 9.17) is 10.3 Å². The van der Waals surface area contributed by atoms with Crippen molar-refractivity contribution in [3.05, 3.63) is 11.7 Å². The van der Waals surface area contributed by atoms with Crippen LogP contribution in [0.25, 0.3) is 0 Å². The minimum atomic E-state index is 0.332. The largest absolute Gasteiger partial charge is 0.338 e. The summed E-state index contributed by atoms with van der Waals surface area (Å²) in [5.74, 6) is 2.25. The lowest BCUT2D eigenvalue weighted by Gasteiger charge is -2.33. The molecule has 19 heavy (non-hydrogen) atoms. The zero-order valence-electron chi connectivity index (χ0n) is 11.6. The molecule has 5 nitrogen and oxygen atoms in total. The molecule has 2 fully saturated rings. The summed E-state index contributed by atoms with van der Waals surface area (Å²) in [6.07, 6.45) is 9.57. The van der Waals surface area contributed by atoms with Gasteiger partial charge in [-0.25, -0.2) is 0 Å². The molecule has 1 aromatic rings. The van der Waals surface area contributed by atoms with E-state index in [1.54, 1.807) is 0 Å². The standard InChI is InChI=1S/C14H24N4O/c15-8-14-16-13(17-19-14)10-18(9-11-6-7-11)12-4-2-1-3-5-12/h11-12H,1-10,15H2. The maximum atomic E-state index is 5.52. The minimum Gasteiger partial charge on any atom is -0.338 e. The van der Waals surface area contributed by atoms with Gasteiger partial charge in [0.1, 0.15) is 0 Å². The fraction of sp³-hybridized carbons (Fsp3) is 0.857. The molecule has 0 saturated heterocycles. The first kappa shape index (κ1) is 13.1. The molecule has 106 valence electrons. The van der Waals surface area contributed by atoms with E-state index in [-0.39, 0.29) is 0 Å². The third-order valence-electron chi connectivity index (χ3n) is 4.31. The highest BCUT2D eigenvalue weighted by Gasteiger charge is 2.29. The molecule has 2 aliphatic carbocycles. The Balaban J connectivity index is 1.63. The second-order valence-electron chi connectivity index (χ2n) is 5.97. The zero-order chi connectivity index (χ0) is 13.1. The fourth-order valence-electron chi connectivity index (χ4n) is 3.04. The van der Waals surface area contributed by atoms with Gasteiger partial charge in [0.15, 0.2) is 5.82 Å². The number of hydrogen-bond acceptors (Lipinski definition) is 5. The Morgan fingerprint density at radius 1 is 1.16 bits per heavy atom. The molecule has 1 heterocycles. The van der Waals surface area contributed by atoms with Crippen LogP contribution in [0.2, 0.25) is 0 Å². The molecule has 0 aromatic carbocycles. The highest BCUT2D eigenvalue weighted by molar-refractivity contribution is 4.90. The van der Waals surface area contributed by atoms with E-state index < -0.39 is 0 Å². The van der Waals surface area contributed by atoms with Gasteiger partial charge >= 0.3 is 0 Å². The maximum absolute atomic E-state index is 5.52. The molecule has 0 amide bonds. The number of nitrogens with zero attached hydrogens (tertiary/aromatic N) is 3. The molecule has 3 rings (SSSR count). The average Bonchev–Trinajstić information content (AvgIpc) is 3.16. The Labute approximate surface area is 114 Å². The van der Waals surface area contributed by atoms with Crippen molar-refractivity contribution in [2.45, 2.75) is 64.1 Å². The van der Waals surface area contributed by atoms with Crippen molar-refractivity contribution >= 4 is 0 Å². The van der Waals surface area contributed by atoms with Crippen LogP contribution in [0.15, 0.2) is 4.52 Å². The Morgan fingerprint density at radius 3 is 2.58 bits per heavy atom. The van der Waals surface area contributed by atoms with Gasteiger partial charge in [-0.05, 0) is 31.6 Å². The second-order valence-corrected chi connectivity index (χ2v) is 5.97. The van der Waals surface area contributed by atoms with Crippen LogP contribution in [-0.2, 0) is 13.1 Å². The Morgan fingerprint density at radius 2 is 1.95 bits per heavy atom. The van der Waals surface area contributed by atoms with Crippen molar-refractivity contribution in [2.75, 3.05) is 6.54 Å². The Bertz CT molecular complexity index is 396. The molecule has 0 unspecified atom stereocenters. The first-order valence-electron chi connectivity index (χ1n) is 7.60. The first-order valence-corrected chi connectivity index (χ1v) is 7.60. The van der Waals surface area contributed by atoms with Gasteiger partial charge in [0.2, 0.25) is 5.89 Å². The van der Waals surface area contributed by atoms with Crippen molar-refractivity contribution in [3.63, 3.8) is 0 Å². The van der Waals surface area contributed by atoms with Crippen LogP contribution in [0.3, 0.4) is 0 Å². The average molecular weight is 264 g/mol. The molecule has 1 aromatic heterocycles. The van der Waals surface area contributed by atoms with E-state index in [9.17, 15) is 0 Å². The molecule has 2 N–H and O–H groups in total. The summed E-state index contributed by atoms with van der Waals surface area (Å²) < 4.78 is 5.11. The maximum Gasteiger partial charge on any atom is 0.240 e. The van der Waals surface area contributed by atoms with Crippen molar-refractivity contribution < 1.29 is 4.52 Å². The van der Waals surface area contributed by atoms with E-state index in [2.05, 4.69) is 15.0 Å². The van der Waals surface area contributed by atoms with Crippen molar-refractivity contribution in [1.82, 2.24) is 15.0 Å². The summed E-state index contributed by atoms with van der Waals surface area (Å²) in [6, 6.07) is 0.717. The lowest BCUT2D eigenvalue weighted by Crippen LogP contribution is -2.38. The summed E-state index contributed by atoms with van der Waals surface area (Å²) in [5.41, 5.74) is 5.52. The first-order chi connectivity index (χ1) is 9.35. The second kappa shape index (κ2) is 6.01. The van der Waals surface area contributed by atoms with E-state index >= 15 is 0 Å². The number of hydrogen-bond donors (Lipinski definition) is 1. The van der Waals surface area contributed by atoms with Crippen molar-refractivity contribution in [3.8, 4) is 0 Å². The summed E-state index contributed by atoms with van der Waals surface area (Å²) in [4.78, 5) is 6.93. The molecule has 0 atom stereocenters.